The molecule has 1 N–H and O–H groups in total. The third-order valence-electron chi connectivity index (χ3n) is 7.15. The number of hydrogen-bond donors (Lipinski definition) is 1. The Morgan fingerprint density at radius 1 is 0.750 bits per heavy atom. The Hall–Kier alpha value is -4.91. The molecule has 0 aliphatic carbocycles. The molecule has 1 atom stereocenters. The second-order valence-electron chi connectivity index (χ2n) is 9.64. The summed E-state index contributed by atoms with van der Waals surface area (Å²) in [6.45, 7) is 0.631. The van der Waals surface area contributed by atoms with Gasteiger partial charge < -0.3 is 19.9 Å². The van der Waals surface area contributed by atoms with Crippen molar-refractivity contribution in [2.45, 2.75) is 12.0 Å². The molecule has 1 fully saturated rings. The largest absolute Gasteiger partial charge is 0.497 e. The summed E-state index contributed by atoms with van der Waals surface area (Å²) in [4.78, 5) is 44.6. The van der Waals surface area contributed by atoms with Crippen LogP contribution in [0.1, 0.15) is 27.4 Å². The molecule has 7 heteroatoms. The van der Waals surface area contributed by atoms with E-state index in [1.165, 1.54) is 0 Å². The maximum atomic E-state index is 14.1. The maximum Gasteiger partial charge on any atom is 0.254 e. The lowest BCUT2D eigenvalue weighted by Gasteiger charge is -2.41. The van der Waals surface area contributed by atoms with Crippen LogP contribution < -0.4 is 10.1 Å². The van der Waals surface area contributed by atoms with Crippen LogP contribution in [0.4, 0.5) is 5.69 Å². The zero-order valence-electron chi connectivity index (χ0n) is 22.3. The highest BCUT2D eigenvalue weighted by molar-refractivity contribution is 6.02. The molecule has 0 saturated carbocycles. The molecule has 0 radical (unpaired) electrons. The van der Waals surface area contributed by atoms with E-state index in [0.29, 0.717) is 23.5 Å². The average Bonchev–Trinajstić information content (AvgIpc) is 3.02. The Morgan fingerprint density at radius 2 is 1.30 bits per heavy atom. The molecule has 5 rings (SSSR count). The fourth-order valence-corrected chi connectivity index (χ4v) is 5.05. The summed E-state index contributed by atoms with van der Waals surface area (Å²) in [5.41, 5.74) is 2.82. The zero-order valence-corrected chi connectivity index (χ0v) is 22.3. The molecule has 3 amide bonds. The molecule has 1 aliphatic rings. The molecule has 1 unspecified atom stereocenters. The summed E-state index contributed by atoms with van der Waals surface area (Å²) in [5.74, 6) is -0.565. The lowest BCUT2D eigenvalue weighted by Crippen LogP contribution is -2.61. The van der Waals surface area contributed by atoms with Crippen LogP contribution in [0.2, 0.25) is 0 Å². The van der Waals surface area contributed by atoms with Crippen LogP contribution in [0.25, 0.3) is 0 Å². The van der Waals surface area contributed by atoms with Crippen LogP contribution in [0.3, 0.4) is 0 Å². The van der Waals surface area contributed by atoms with Gasteiger partial charge in [0.15, 0.2) is 0 Å². The molecule has 0 aromatic heterocycles. The Bertz CT molecular complexity index is 1400. The van der Waals surface area contributed by atoms with Crippen molar-refractivity contribution in [2.75, 3.05) is 32.1 Å². The summed E-state index contributed by atoms with van der Waals surface area (Å²) in [5, 5.41) is 2.93. The number of nitrogens with one attached hydrogen (secondary N) is 1. The van der Waals surface area contributed by atoms with Crippen LogP contribution in [0.15, 0.2) is 115 Å². The third kappa shape index (κ3) is 5.89. The number of rotatable bonds is 7. The van der Waals surface area contributed by atoms with Gasteiger partial charge in [-0.05, 0) is 47.5 Å². The smallest absolute Gasteiger partial charge is 0.254 e. The number of carbonyl (C=O) groups excluding carboxylic acids is 3. The van der Waals surface area contributed by atoms with Gasteiger partial charge in [0, 0.05) is 24.3 Å². The lowest BCUT2D eigenvalue weighted by atomic mass is 9.89. The molecule has 202 valence electrons. The number of piperazine rings is 1. The number of hydrogen-bond acceptors (Lipinski definition) is 4. The van der Waals surface area contributed by atoms with Gasteiger partial charge in [0.2, 0.25) is 11.8 Å². The van der Waals surface area contributed by atoms with Crippen LogP contribution in [0, 0.1) is 0 Å². The highest BCUT2D eigenvalue weighted by atomic mass is 16.5. The van der Waals surface area contributed by atoms with Gasteiger partial charge in [-0.15, -0.1) is 0 Å². The van der Waals surface area contributed by atoms with E-state index < -0.39 is 12.0 Å². The number of ether oxygens (including phenoxy) is 1. The first-order valence-corrected chi connectivity index (χ1v) is 13.2. The van der Waals surface area contributed by atoms with Crippen molar-refractivity contribution in [3.05, 3.63) is 132 Å². The fraction of sp³-hybridized carbons (Fsp3) is 0.182. The first-order chi connectivity index (χ1) is 19.5. The zero-order chi connectivity index (χ0) is 27.9. The molecule has 4 aromatic carbocycles. The molecular weight excluding hydrogens is 502 g/mol. The van der Waals surface area contributed by atoms with Crippen molar-refractivity contribution in [1.29, 1.82) is 0 Å². The van der Waals surface area contributed by atoms with Crippen molar-refractivity contribution in [3.8, 4) is 5.75 Å². The van der Waals surface area contributed by atoms with E-state index in [1.54, 1.807) is 65.4 Å². The van der Waals surface area contributed by atoms with E-state index in [4.69, 9.17) is 4.74 Å². The van der Waals surface area contributed by atoms with Crippen LogP contribution >= 0.6 is 0 Å². The molecule has 0 spiro atoms. The van der Waals surface area contributed by atoms with Gasteiger partial charge in [0.25, 0.3) is 5.91 Å². The predicted molar refractivity (Wildman–Crippen MR) is 154 cm³/mol. The van der Waals surface area contributed by atoms with E-state index in [2.05, 4.69) is 5.32 Å². The van der Waals surface area contributed by atoms with Gasteiger partial charge in [-0.2, -0.15) is 0 Å². The normalized spacial score (nSPS) is 15.0. The van der Waals surface area contributed by atoms with E-state index in [1.807, 2.05) is 66.7 Å². The van der Waals surface area contributed by atoms with Gasteiger partial charge in [-0.3, -0.25) is 14.4 Å². The van der Waals surface area contributed by atoms with E-state index in [0.717, 1.165) is 11.1 Å². The monoisotopic (exact) mass is 533 g/mol. The molecule has 1 heterocycles. The Kier molecular flexibility index (Phi) is 8.21. The van der Waals surface area contributed by atoms with Crippen LogP contribution in [-0.4, -0.2) is 60.3 Å². The van der Waals surface area contributed by atoms with Crippen molar-refractivity contribution in [1.82, 2.24) is 9.80 Å². The maximum absolute atomic E-state index is 14.1. The quantitative estimate of drug-likeness (QED) is 0.370. The summed E-state index contributed by atoms with van der Waals surface area (Å²) in [6.07, 6.45) is 0. The van der Waals surface area contributed by atoms with Crippen molar-refractivity contribution >= 4 is 23.4 Å². The summed E-state index contributed by atoms with van der Waals surface area (Å²) < 4.78 is 5.21. The second-order valence-corrected chi connectivity index (χ2v) is 9.64. The topological polar surface area (TPSA) is 79.0 Å². The third-order valence-corrected chi connectivity index (χ3v) is 7.15. The first-order valence-electron chi connectivity index (χ1n) is 13.2. The highest BCUT2D eigenvalue weighted by Gasteiger charge is 2.39. The van der Waals surface area contributed by atoms with E-state index >= 15 is 0 Å². The number of anilines is 1. The van der Waals surface area contributed by atoms with Crippen molar-refractivity contribution in [2.24, 2.45) is 0 Å². The summed E-state index contributed by atoms with van der Waals surface area (Å²) >= 11 is 0. The van der Waals surface area contributed by atoms with Crippen LogP contribution in [0.5, 0.6) is 5.75 Å². The highest BCUT2D eigenvalue weighted by Crippen LogP contribution is 2.29. The SMILES string of the molecule is COc1ccc(NC(=O)C2CN(C(=O)C(c3ccccc3)c3ccccc3)CCN2C(=O)c2ccccc2)cc1. The Balaban J connectivity index is 1.44. The number of methoxy groups -OCH3 is 1. The van der Waals surface area contributed by atoms with Crippen molar-refractivity contribution < 1.29 is 19.1 Å². The number of carbonyl (C=O) groups is 3. The number of amides is 3. The number of benzene rings is 4. The summed E-state index contributed by atoms with van der Waals surface area (Å²) in [6, 6.07) is 34.3. The molecule has 40 heavy (non-hydrogen) atoms. The average molecular weight is 534 g/mol. The van der Waals surface area contributed by atoms with Gasteiger partial charge in [-0.1, -0.05) is 78.9 Å². The lowest BCUT2D eigenvalue weighted by molar-refractivity contribution is -0.136. The molecule has 4 aromatic rings. The molecule has 7 nitrogen and oxygen atoms in total. The van der Waals surface area contributed by atoms with E-state index in [-0.39, 0.29) is 30.8 Å². The van der Waals surface area contributed by atoms with Gasteiger partial charge in [0.05, 0.1) is 19.6 Å². The van der Waals surface area contributed by atoms with E-state index in [9.17, 15) is 14.4 Å². The minimum atomic E-state index is -0.875. The fourth-order valence-electron chi connectivity index (χ4n) is 5.05. The van der Waals surface area contributed by atoms with Gasteiger partial charge in [0.1, 0.15) is 11.8 Å². The minimum absolute atomic E-state index is 0.0789. The molecule has 0 bridgehead atoms. The van der Waals surface area contributed by atoms with Crippen LogP contribution in [-0.2, 0) is 9.59 Å². The Labute approximate surface area is 234 Å². The second kappa shape index (κ2) is 12.3. The molecule has 1 aliphatic heterocycles. The van der Waals surface area contributed by atoms with Gasteiger partial charge in [-0.25, -0.2) is 0 Å². The standard InChI is InChI=1S/C33H31N3O4/c1-40-28-19-17-27(18-20-28)34-31(37)29-23-35(21-22-36(29)32(38)26-15-9-4-10-16-26)33(39)30(24-11-5-2-6-12-24)25-13-7-3-8-14-25/h2-20,29-30H,21-23H2,1H3,(H,34,37). The first kappa shape index (κ1) is 26.7. The summed E-state index contributed by atoms with van der Waals surface area (Å²) in [7, 11) is 1.58. The predicted octanol–water partition coefficient (Wildman–Crippen LogP) is 4.82. The van der Waals surface area contributed by atoms with Crippen molar-refractivity contribution in [3.63, 3.8) is 0 Å². The molecule has 1 saturated heterocycles. The molecular formula is C33H31N3O4. The minimum Gasteiger partial charge on any atom is -0.497 e. The Morgan fingerprint density at radius 3 is 1.85 bits per heavy atom. The number of nitrogens with zero attached hydrogens (tertiary/aromatic N) is 2. The van der Waals surface area contributed by atoms with Gasteiger partial charge >= 0.3 is 0 Å².